The summed E-state index contributed by atoms with van der Waals surface area (Å²) in [5.41, 5.74) is 21.2. The number of nitrogens with zero attached hydrogens (tertiary/aromatic N) is 16. The number of rotatable bonds is 3. The van der Waals surface area contributed by atoms with Crippen molar-refractivity contribution in [2.75, 3.05) is 6.61 Å². The fourth-order valence-electron chi connectivity index (χ4n) is 12.0. The van der Waals surface area contributed by atoms with Crippen LogP contribution in [0.1, 0.15) is 303 Å². The number of aryl methyl sites for hydroxylation is 3. The minimum Gasteiger partial charge on any atom is -0.493 e. The number of aromatic nitrogens is 15. The van der Waals surface area contributed by atoms with Crippen molar-refractivity contribution in [1.29, 1.82) is 0 Å². The van der Waals surface area contributed by atoms with Crippen LogP contribution in [0.3, 0.4) is 0 Å². The summed E-state index contributed by atoms with van der Waals surface area (Å²) in [4.78, 5) is 29.7. The van der Waals surface area contributed by atoms with Crippen LogP contribution in [0.4, 0.5) is 18.9 Å². The van der Waals surface area contributed by atoms with E-state index in [1.165, 1.54) is 46.1 Å². The van der Waals surface area contributed by atoms with Gasteiger partial charge in [-0.2, -0.15) is 10.2 Å². The molecule has 0 saturated heterocycles. The summed E-state index contributed by atoms with van der Waals surface area (Å²) >= 11 is 0. The zero-order valence-electron chi connectivity index (χ0n) is 78.0. The molecule has 0 atom stereocenters. The first-order valence-corrected chi connectivity index (χ1v) is 42.3. The average molecular weight is 1740 g/mol. The normalized spacial score (nSPS) is 12.7. The second kappa shape index (κ2) is 46.2. The molecule has 23 heteroatoms. The molecule has 4 aromatic carbocycles. The topological polar surface area (TPSA) is 204 Å². The third-order valence-corrected chi connectivity index (χ3v) is 18.6. The van der Waals surface area contributed by atoms with E-state index in [-0.39, 0.29) is 74.6 Å². The number of imidazole rings is 2. The van der Waals surface area contributed by atoms with Crippen molar-refractivity contribution in [3.05, 3.63) is 270 Å². The van der Waals surface area contributed by atoms with Gasteiger partial charge in [0.25, 0.3) is 0 Å². The molecule has 0 amide bonds. The van der Waals surface area contributed by atoms with Crippen molar-refractivity contribution < 1.29 is 31.8 Å². The molecule has 18 rings (SSSR count). The van der Waals surface area contributed by atoms with E-state index in [0.717, 1.165) is 93.0 Å². The maximum atomic E-state index is 13.6. The van der Waals surface area contributed by atoms with Crippen molar-refractivity contribution in [1.82, 2.24) is 72.5 Å². The van der Waals surface area contributed by atoms with Crippen LogP contribution in [0, 0.1) is 30.5 Å². The van der Waals surface area contributed by atoms with Crippen LogP contribution in [0.25, 0.3) is 39.2 Å². The number of hydrogen-bond donors (Lipinski definition) is 0. The van der Waals surface area contributed by atoms with Gasteiger partial charge in [0, 0.05) is 103 Å². The molecule has 15 aromatic rings. The largest absolute Gasteiger partial charge is 0.586 e. The lowest BCUT2D eigenvalue weighted by Crippen LogP contribution is -2.25. The van der Waals surface area contributed by atoms with Crippen LogP contribution in [0.5, 0.6) is 17.2 Å². The van der Waals surface area contributed by atoms with Crippen molar-refractivity contribution in [3.8, 4) is 17.2 Å². The van der Waals surface area contributed by atoms with Gasteiger partial charge in [-0.05, 0) is 160 Å². The van der Waals surface area contributed by atoms with E-state index in [2.05, 4.69) is 291 Å². The van der Waals surface area contributed by atoms with Gasteiger partial charge in [-0.3, -0.25) is 19.4 Å². The van der Waals surface area contributed by atoms with E-state index in [0.29, 0.717) is 33.9 Å². The zero-order chi connectivity index (χ0) is 90.7. The summed E-state index contributed by atoms with van der Waals surface area (Å²) in [6.45, 7) is 62.6. The summed E-state index contributed by atoms with van der Waals surface area (Å²) in [5, 5.41) is 16.0. The van der Waals surface area contributed by atoms with Gasteiger partial charge >= 0.3 is 6.29 Å². The summed E-state index contributed by atoms with van der Waals surface area (Å²) < 4.78 is 67.7. The van der Waals surface area contributed by atoms with Gasteiger partial charge in [0.2, 0.25) is 0 Å². The minimum absolute atomic E-state index is 0. The predicted molar refractivity (Wildman–Crippen MR) is 521 cm³/mol. The number of pyridine rings is 2. The van der Waals surface area contributed by atoms with Crippen LogP contribution in [0.2, 0.25) is 0 Å². The maximum Gasteiger partial charge on any atom is 0.586 e. The highest BCUT2D eigenvalue weighted by Gasteiger charge is 2.43. The fourth-order valence-corrected chi connectivity index (χ4v) is 12.0. The highest BCUT2D eigenvalue weighted by Crippen LogP contribution is 2.42. The Labute approximate surface area is 755 Å². The van der Waals surface area contributed by atoms with Crippen LogP contribution < -0.4 is 14.2 Å². The molecule has 3 aliphatic rings. The molecule has 0 aliphatic carbocycles. The Bertz CT molecular complexity index is 5760. The smallest absolute Gasteiger partial charge is 0.493 e. The van der Waals surface area contributed by atoms with Crippen LogP contribution in [-0.2, 0) is 34.5 Å². The van der Waals surface area contributed by atoms with E-state index in [9.17, 15) is 13.2 Å². The Kier molecular flexibility index (Phi) is 39.2. The molecule has 0 fully saturated rings. The first-order valence-electron chi connectivity index (χ1n) is 42.3. The number of hydrogen-bond acceptors (Lipinski definition) is 15. The first-order chi connectivity index (χ1) is 57.4. The van der Waals surface area contributed by atoms with Gasteiger partial charge in [-0.1, -0.05) is 264 Å². The Morgan fingerprint density at radius 3 is 1.74 bits per heavy atom. The summed E-state index contributed by atoms with van der Waals surface area (Å²) in [7, 11) is 0. The van der Waals surface area contributed by atoms with E-state index < -0.39 is 6.29 Å². The van der Waals surface area contributed by atoms with Crippen LogP contribution >= 0.6 is 0 Å². The molecule has 0 saturated carbocycles. The Morgan fingerprint density at radius 2 is 1.12 bits per heavy atom. The summed E-state index contributed by atoms with van der Waals surface area (Å²) in [6, 6.07) is 39.3. The molecular weight excluding hydrogens is 1590 g/mol. The number of benzene rings is 4. The second-order valence-corrected chi connectivity index (χ2v) is 39.1. The molecular formula is C104H147F3N16O4. The van der Waals surface area contributed by atoms with Crippen molar-refractivity contribution >= 4 is 50.6 Å². The van der Waals surface area contributed by atoms with Gasteiger partial charge in [0.05, 0.1) is 42.3 Å². The molecule has 20 nitrogen and oxygen atoms in total. The lowest BCUT2D eigenvalue weighted by Gasteiger charge is -2.18. The van der Waals surface area contributed by atoms with Crippen molar-refractivity contribution in [3.63, 3.8) is 0 Å². The zero-order valence-corrected chi connectivity index (χ0v) is 78.0. The third-order valence-electron chi connectivity index (χ3n) is 18.6. The molecule has 0 radical (unpaired) electrons. The van der Waals surface area contributed by atoms with Crippen LogP contribution in [0.15, 0.2) is 211 Å². The van der Waals surface area contributed by atoms with Gasteiger partial charge in [-0.15, -0.1) is 19.0 Å². The Morgan fingerprint density at radius 1 is 0.496 bits per heavy atom. The first kappa shape index (κ1) is 108. The number of para-hydroxylation sites is 3. The second-order valence-electron chi connectivity index (χ2n) is 39.1. The van der Waals surface area contributed by atoms with Gasteiger partial charge in [-0.25, -0.2) is 33.4 Å². The molecule has 127 heavy (non-hydrogen) atoms. The van der Waals surface area contributed by atoms with Crippen LogP contribution in [-0.4, -0.2) is 91.1 Å². The molecule has 14 heterocycles. The number of ether oxygens (including phenoxy) is 3. The number of fused-ring (bicyclic) bond motifs is 9. The third kappa shape index (κ3) is 33.6. The number of alkyl halides is 2. The standard InChI is InChI=1S/C12H15FN2.C12H16O.C10H10F2O2.3C10H13N3.C9H11N3.C9H9N.C8H7NO.2C5H12.4CH4/c1-8-11(13)10-7-9(12(2,3)4)5-6-15(10)14-8;1-9(2)10-5-6-12-11(8-10)4-3-7-13-12;1-6(2)7-3-4-8-9(5-7)14-10(11,12)13-8;1-10(2,3)8-5-7-13-9(12-8)4-6-11-13;1-10(2,3)8-6-12-9-7-11-4-5-13(8)9;1-10(2,3)8-4-5-9-12-11-7-13(9)6-8;1-7(2)8-6-12-4-3-10-9(12)5-11-8;1-7-6-8-4-2-3-5-9(8)10-7;1-6-9-7-4-2-3-5-8(7)10-6;2*1-5(2,3)4;;;;/h5-7H,1-4H3;5-6,8-9H,3-4,7H2,1-2H3;3-6H,1-2H3;3*4-7H,1-3H3;3-7H,1-2H3;2-5H,6H2,1H3;2-5H,1H3;2*1-4H3;4*1H4. The van der Waals surface area contributed by atoms with Gasteiger partial charge in [0.15, 0.2) is 51.4 Å². The highest BCUT2D eigenvalue weighted by molar-refractivity contribution is 5.92. The summed E-state index contributed by atoms with van der Waals surface area (Å²) in [6.07, 6.45) is 24.1. The minimum atomic E-state index is -3.52. The maximum absolute atomic E-state index is 13.6. The lowest BCUT2D eigenvalue weighted by atomic mass is 9.87. The monoisotopic (exact) mass is 1740 g/mol. The molecule has 0 unspecified atom stereocenters. The Balaban J connectivity index is 0.000000295. The van der Waals surface area contributed by atoms with E-state index in [4.69, 9.17) is 9.15 Å². The molecule has 11 aromatic heterocycles. The molecule has 0 N–H and O–H groups in total. The summed E-state index contributed by atoms with van der Waals surface area (Å²) in [5.74, 6) is 3.17. The molecule has 0 spiro atoms. The number of halogens is 3. The number of oxazole rings is 1. The number of aliphatic imine (C=N–C) groups is 1. The van der Waals surface area contributed by atoms with Gasteiger partial charge < -0.3 is 27.4 Å². The van der Waals surface area contributed by atoms with E-state index in [1.54, 1.807) is 65.4 Å². The highest BCUT2D eigenvalue weighted by atomic mass is 19.3. The average Bonchev–Trinajstić information content (AvgIpc) is 1.69. The fraction of sp³-hybridized carbons (Fsp3) is 0.452. The van der Waals surface area contributed by atoms with Crippen molar-refractivity contribution in [2.24, 2.45) is 15.8 Å². The SMILES string of the molecule is C.C.C.C.CC(C)(C)C.CC(C)(C)C.CC(C)(C)c1ccc2nncn2c1.CC(C)(C)c1ccn2nccc2n1.CC(C)(C)c1cnc2cnccn12.CC(C)c1ccc2c(c1)CCCO2.CC(C)c1ccc2c(c1)OC(F)(F)O2.CC(C)c1cn2ccnc2cn1.CC1=Nc2ccccc2C1.Cc1nc2ccccc2o1.Cc1nn2ccc(C(C)(C)C)cc2c1F. The Hall–Kier alpha value is -11.6. The van der Waals surface area contributed by atoms with Crippen molar-refractivity contribution in [2.45, 2.75) is 295 Å². The quantitative estimate of drug-likeness (QED) is 0.161. The van der Waals surface area contributed by atoms with Gasteiger partial charge in [0.1, 0.15) is 23.1 Å². The van der Waals surface area contributed by atoms with E-state index in [1.807, 2.05) is 127 Å². The lowest BCUT2D eigenvalue weighted by molar-refractivity contribution is -0.286. The molecule has 0 bridgehead atoms. The molecule has 3 aliphatic heterocycles. The van der Waals surface area contributed by atoms with E-state index >= 15 is 0 Å². The predicted octanol–water partition coefficient (Wildman–Crippen LogP) is 28.4. The molecule has 688 valence electrons.